The van der Waals surface area contributed by atoms with Gasteiger partial charge in [-0.3, -0.25) is 13.9 Å². The highest BCUT2D eigenvalue weighted by atomic mass is 32.3. The Morgan fingerprint density at radius 3 is 2.71 bits per heavy atom. The van der Waals surface area contributed by atoms with Gasteiger partial charge in [0.15, 0.2) is 5.82 Å². The van der Waals surface area contributed by atoms with Gasteiger partial charge in [-0.05, 0) is 31.4 Å². The fraction of sp³-hybridized carbons (Fsp3) is 0.500. The van der Waals surface area contributed by atoms with E-state index >= 15 is 0 Å². The number of nitrogens with zero attached hydrogens (tertiary/aromatic N) is 2. The molecule has 2 aromatic rings. The van der Waals surface area contributed by atoms with Crippen molar-refractivity contribution in [3.05, 3.63) is 58.1 Å². The molecule has 2 aliphatic rings. The molecule has 1 aromatic carbocycles. The summed E-state index contributed by atoms with van der Waals surface area (Å²) < 4.78 is 19.5. The maximum atomic E-state index is 12.1. The van der Waals surface area contributed by atoms with Crippen LogP contribution in [0, 0.1) is 0 Å². The fourth-order valence-electron chi connectivity index (χ4n) is 3.76. The van der Waals surface area contributed by atoms with Gasteiger partial charge < -0.3 is 15.2 Å². The van der Waals surface area contributed by atoms with E-state index in [0.29, 0.717) is 42.4 Å². The molecular formula is C20H28N4O3S. The Morgan fingerprint density at radius 2 is 1.96 bits per heavy atom. The zero-order valence-electron chi connectivity index (χ0n) is 15.9. The molecule has 1 saturated carbocycles. The summed E-state index contributed by atoms with van der Waals surface area (Å²) in [5.41, 5.74) is 2.05. The number of rotatable bonds is 7. The van der Waals surface area contributed by atoms with Crippen LogP contribution in [0.4, 0.5) is 5.82 Å². The predicted molar refractivity (Wildman–Crippen MR) is 114 cm³/mol. The number of benzene rings is 1. The molecule has 1 saturated heterocycles. The van der Waals surface area contributed by atoms with Crippen LogP contribution < -0.4 is 15.8 Å². The van der Waals surface area contributed by atoms with Gasteiger partial charge >= 0.3 is 0 Å². The Morgan fingerprint density at radius 1 is 1.21 bits per heavy atom. The molecule has 28 heavy (non-hydrogen) atoms. The third kappa shape index (κ3) is 4.75. The van der Waals surface area contributed by atoms with Crippen molar-refractivity contribution < 1.29 is 9.11 Å². The Balaban J connectivity index is 1.25. The summed E-state index contributed by atoms with van der Waals surface area (Å²) in [6, 6.07) is 11.2. The molecule has 8 heteroatoms. The van der Waals surface area contributed by atoms with Crippen molar-refractivity contribution in [1.82, 2.24) is 15.3 Å². The molecule has 0 unspecified atom stereocenters. The maximum Gasteiger partial charge on any atom is 0.290 e. The van der Waals surface area contributed by atoms with Crippen LogP contribution in [0.25, 0.3) is 0 Å². The van der Waals surface area contributed by atoms with Crippen LogP contribution in [0.5, 0.6) is 0 Å². The van der Waals surface area contributed by atoms with Gasteiger partial charge in [0.1, 0.15) is 0 Å². The van der Waals surface area contributed by atoms with E-state index in [1.807, 2.05) is 4.90 Å². The van der Waals surface area contributed by atoms with E-state index in [2.05, 4.69) is 45.6 Å². The lowest BCUT2D eigenvalue weighted by Crippen LogP contribution is -2.41. The van der Waals surface area contributed by atoms with E-state index in [1.165, 1.54) is 12.0 Å². The number of aromatic amines is 1. The van der Waals surface area contributed by atoms with Gasteiger partial charge in [-0.1, -0.05) is 30.3 Å². The average molecular weight is 405 g/mol. The predicted octanol–water partition coefficient (Wildman–Crippen LogP) is 2.42. The monoisotopic (exact) mass is 404 g/mol. The quantitative estimate of drug-likeness (QED) is 0.529. The smallest absolute Gasteiger partial charge is 0.290 e. The van der Waals surface area contributed by atoms with Crippen molar-refractivity contribution in [2.75, 3.05) is 36.0 Å². The lowest BCUT2D eigenvalue weighted by molar-refractivity contribution is 0.478. The van der Waals surface area contributed by atoms with Gasteiger partial charge in [-0.2, -0.15) is 10.6 Å². The third-order valence-electron chi connectivity index (χ3n) is 5.53. The summed E-state index contributed by atoms with van der Waals surface area (Å²) in [6.45, 7) is 1.83. The van der Waals surface area contributed by atoms with Crippen LogP contribution in [-0.4, -0.2) is 56.3 Å². The Labute approximate surface area is 166 Å². The van der Waals surface area contributed by atoms with E-state index in [1.54, 1.807) is 6.20 Å². The van der Waals surface area contributed by atoms with Crippen LogP contribution in [0.15, 0.2) is 41.3 Å². The normalized spacial score (nSPS) is 24.7. The minimum atomic E-state index is -2.48. The average Bonchev–Trinajstić information content (AvgIpc) is 3.47. The number of hydrogen-bond donors (Lipinski definition) is 4. The van der Waals surface area contributed by atoms with E-state index in [9.17, 15) is 13.9 Å². The summed E-state index contributed by atoms with van der Waals surface area (Å²) in [7, 11) is -2.48. The first-order valence-electron chi connectivity index (χ1n) is 9.87. The number of H-pyrrole nitrogens is 1. The van der Waals surface area contributed by atoms with Crippen molar-refractivity contribution >= 4 is 16.4 Å². The molecule has 2 heterocycles. The highest BCUT2D eigenvalue weighted by molar-refractivity contribution is 8.24. The van der Waals surface area contributed by atoms with Crippen LogP contribution >= 0.6 is 10.6 Å². The summed E-state index contributed by atoms with van der Waals surface area (Å²) in [6.07, 6.45) is 4.63. The second kappa shape index (κ2) is 8.24. The minimum Gasteiger partial charge on any atom is -0.349 e. The van der Waals surface area contributed by atoms with Gasteiger partial charge in [0.2, 0.25) is 0 Å². The Hall–Kier alpha value is -1.87. The van der Waals surface area contributed by atoms with E-state index in [-0.39, 0.29) is 5.56 Å². The lowest BCUT2D eigenvalue weighted by Gasteiger charge is -2.41. The van der Waals surface area contributed by atoms with Crippen LogP contribution in [0.1, 0.15) is 30.0 Å². The zero-order valence-corrected chi connectivity index (χ0v) is 16.7. The lowest BCUT2D eigenvalue weighted by atomic mass is 10.1. The topological polar surface area (TPSA) is 101 Å². The second-order valence-electron chi connectivity index (χ2n) is 7.66. The molecule has 4 rings (SSSR count). The molecule has 7 nitrogen and oxygen atoms in total. The van der Waals surface area contributed by atoms with Gasteiger partial charge in [0.05, 0.1) is 17.2 Å². The SMILES string of the molecule is O=c1[nH]cc(CCCN[C@@H]2C[C@H]2c2ccccc2)nc1N1CCS(O)(O)CC1. The second-order valence-corrected chi connectivity index (χ2v) is 10.1. The van der Waals surface area contributed by atoms with E-state index in [4.69, 9.17) is 0 Å². The van der Waals surface area contributed by atoms with Crippen molar-refractivity contribution in [1.29, 1.82) is 0 Å². The molecule has 0 spiro atoms. The third-order valence-corrected chi connectivity index (χ3v) is 7.21. The number of aryl methyl sites for hydroxylation is 1. The highest BCUT2D eigenvalue weighted by Gasteiger charge is 2.37. The van der Waals surface area contributed by atoms with Gasteiger partial charge in [-0.25, -0.2) is 4.98 Å². The molecular weight excluding hydrogens is 376 g/mol. The standard InChI is InChI=1S/C20H28N4O3S/c25-20-19(24-9-11-28(26,27)12-10-24)23-16(14-22-20)7-4-8-21-18-13-17(18)15-5-2-1-3-6-15/h1-3,5-6,14,17-18,21,26-27H,4,7-13H2,(H,22,25)/t17-,18+/m0/s1. The van der Waals surface area contributed by atoms with E-state index in [0.717, 1.165) is 25.1 Å². The van der Waals surface area contributed by atoms with Crippen LogP contribution in [-0.2, 0) is 6.42 Å². The summed E-state index contributed by atoms with van der Waals surface area (Å²) in [5, 5.41) is 3.61. The molecule has 4 N–H and O–H groups in total. The van der Waals surface area contributed by atoms with Crippen LogP contribution in [0.3, 0.4) is 0 Å². The summed E-state index contributed by atoms with van der Waals surface area (Å²) in [4.78, 5) is 21.3. The van der Waals surface area contributed by atoms with Crippen LogP contribution in [0.2, 0.25) is 0 Å². The summed E-state index contributed by atoms with van der Waals surface area (Å²) >= 11 is 0. The van der Waals surface area contributed by atoms with Crippen molar-refractivity contribution in [2.45, 2.75) is 31.2 Å². The number of aromatic nitrogens is 2. The molecule has 152 valence electrons. The first kappa shape index (κ1) is 19.4. The van der Waals surface area contributed by atoms with Gasteiger partial charge in [0, 0.05) is 31.2 Å². The minimum absolute atomic E-state index is 0.219. The number of nitrogens with one attached hydrogen (secondary N) is 2. The molecule has 0 bridgehead atoms. The molecule has 1 aliphatic carbocycles. The van der Waals surface area contributed by atoms with Crippen molar-refractivity contribution in [3.63, 3.8) is 0 Å². The molecule has 0 radical (unpaired) electrons. The molecule has 2 atom stereocenters. The van der Waals surface area contributed by atoms with Gasteiger partial charge in [0.25, 0.3) is 5.56 Å². The number of hydrogen-bond acceptors (Lipinski definition) is 6. The number of anilines is 1. The maximum absolute atomic E-state index is 12.1. The molecule has 2 fully saturated rings. The summed E-state index contributed by atoms with van der Waals surface area (Å²) in [5.74, 6) is 1.62. The Kier molecular flexibility index (Phi) is 5.73. The van der Waals surface area contributed by atoms with Gasteiger partial charge in [-0.15, -0.1) is 0 Å². The highest BCUT2D eigenvalue weighted by Crippen LogP contribution is 2.41. The first-order chi connectivity index (χ1) is 13.5. The van der Waals surface area contributed by atoms with Crippen molar-refractivity contribution in [2.24, 2.45) is 0 Å². The largest absolute Gasteiger partial charge is 0.349 e. The molecule has 1 aromatic heterocycles. The van der Waals surface area contributed by atoms with E-state index < -0.39 is 10.6 Å². The first-order valence-corrected chi connectivity index (χ1v) is 11.8. The molecule has 0 amide bonds. The van der Waals surface area contributed by atoms with Crippen molar-refractivity contribution in [3.8, 4) is 0 Å². The fourth-order valence-corrected chi connectivity index (χ4v) is 4.99. The Bertz CT molecular complexity index is 848. The molecule has 1 aliphatic heterocycles. The zero-order chi connectivity index (χ0) is 19.6.